The first-order valence-corrected chi connectivity index (χ1v) is 9.19. The molecular formula is C22H27N5. The van der Waals surface area contributed by atoms with Crippen LogP contribution in [0.1, 0.15) is 39.7 Å². The van der Waals surface area contributed by atoms with Crippen LogP contribution >= 0.6 is 0 Å². The van der Waals surface area contributed by atoms with Gasteiger partial charge in [0.15, 0.2) is 0 Å². The lowest BCUT2D eigenvalue weighted by atomic mass is 9.98. The Balaban J connectivity index is 1.68. The number of nitrogens with zero attached hydrogens (tertiary/aromatic N) is 2. The lowest BCUT2D eigenvalue weighted by Crippen LogP contribution is -2.15. The van der Waals surface area contributed by atoms with E-state index in [0.29, 0.717) is 18.1 Å². The predicted octanol–water partition coefficient (Wildman–Crippen LogP) is 3.29. The van der Waals surface area contributed by atoms with Gasteiger partial charge in [-0.1, -0.05) is 24.3 Å². The molecule has 5 heteroatoms. The highest BCUT2D eigenvalue weighted by Gasteiger charge is 2.10. The Morgan fingerprint density at radius 3 is 2.11 bits per heavy atom. The number of nitrogen functional groups attached to an aromatic ring is 2. The maximum Gasteiger partial charge on any atom is 0.123 e. The van der Waals surface area contributed by atoms with Crippen LogP contribution in [0.2, 0.25) is 0 Å². The smallest absolute Gasteiger partial charge is 0.123 e. The van der Waals surface area contributed by atoms with Gasteiger partial charge in [-0.2, -0.15) is 0 Å². The highest BCUT2D eigenvalue weighted by Crippen LogP contribution is 2.19. The van der Waals surface area contributed by atoms with Crippen molar-refractivity contribution in [1.29, 1.82) is 0 Å². The summed E-state index contributed by atoms with van der Waals surface area (Å²) in [5.41, 5.74) is 24.6. The van der Waals surface area contributed by atoms with Crippen molar-refractivity contribution in [3.05, 3.63) is 82.2 Å². The largest absolute Gasteiger partial charge is 0.384 e. The van der Waals surface area contributed by atoms with Crippen LogP contribution in [0.3, 0.4) is 0 Å². The predicted molar refractivity (Wildman–Crippen MR) is 111 cm³/mol. The number of aromatic nitrogens is 2. The van der Waals surface area contributed by atoms with Crippen LogP contribution in [-0.2, 0) is 19.3 Å². The molecule has 0 aliphatic carbocycles. The number of aryl methyl sites for hydroxylation is 4. The Bertz CT molecular complexity index is 895. The molecule has 0 saturated heterocycles. The van der Waals surface area contributed by atoms with Crippen molar-refractivity contribution >= 4 is 11.6 Å². The SMILES string of the molecule is Cc1cc(N)nc(CCc2cccc(C(N)Cc3cc(C)cc(N)n3)c2)c1. The average molecular weight is 361 g/mol. The zero-order valence-electron chi connectivity index (χ0n) is 15.9. The number of hydrogen-bond acceptors (Lipinski definition) is 5. The van der Waals surface area contributed by atoms with Gasteiger partial charge in [-0.3, -0.25) is 0 Å². The van der Waals surface area contributed by atoms with Gasteiger partial charge in [0.1, 0.15) is 11.6 Å². The van der Waals surface area contributed by atoms with Gasteiger partial charge >= 0.3 is 0 Å². The molecule has 0 radical (unpaired) electrons. The van der Waals surface area contributed by atoms with Crippen molar-refractivity contribution in [2.24, 2.45) is 5.73 Å². The second-order valence-corrected chi connectivity index (χ2v) is 7.18. The van der Waals surface area contributed by atoms with Crippen LogP contribution in [0.4, 0.5) is 11.6 Å². The standard InChI is InChI=1S/C22H27N5/c1-14-8-18(26-21(24)10-14)7-6-16-4-3-5-17(12-16)20(23)13-19-9-15(2)11-22(25)27-19/h3-5,8-12,20H,6-7,13,23H2,1-2H3,(H2,24,26)(H2,25,27). The topological polar surface area (TPSA) is 104 Å². The quantitative estimate of drug-likeness (QED) is 0.625. The van der Waals surface area contributed by atoms with Gasteiger partial charge in [0, 0.05) is 23.9 Å². The van der Waals surface area contributed by atoms with Crippen molar-refractivity contribution in [2.75, 3.05) is 11.5 Å². The molecule has 0 aliphatic rings. The molecule has 1 atom stereocenters. The number of rotatable bonds is 6. The number of hydrogen-bond donors (Lipinski definition) is 3. The van der Waals surface area contributed by atoms with Gasteiger partial charge in [-0.25, -0.2) is 9.97 Å². The van der Waals surface area contributed by atoms with Crippen LogP contribution < -0.4 is 17.2 Å². The molecule has 0 aliphatic heterocycles. The van der Waals surface area contributed by atoms with E-state index in [1.165, 1.54) is 5.56 Å². The molecule has 0 saturated carbocycles. The second kappa shape index (κ2) is 8.18. The Morgan fingerprint density at radius 1 is 0.815 bits per heavy atom. The molecule has 3 rings (SSSR count). The van der Waals surface area contributed by atoms with Gasteiger partial charge in [0.05, 0.1) is 0 Å². The van der Waals surface area contributed by atoms with Crippen LogP contribution in [-0.4, -0.2) is 9.97 Å². The minimum Gasteiger partial charge on any atom is -0.384 e. The maximum atomic E-state index is 6.43. The summed E-state index contributed by atoms with van der Waals surface area (Å²) in [6, 6.07) is 16.2. The third-order valence-electron chi connectivity index (χ3n) is 4.56. The van der Waals surface area contributed by atoms with Gasteiger partial charge in [-0.15, -0.1) is 0 Å². The van der Waals surface area contributed by atoms with Crippen molar-refractivity contribution in [2.45, 2.75) is 39.2 Å². The van der Waals surface area contributed by atoms with E-state index in [0.717, 1.165) is 40.9 Å². The van der Waals surface area contributed by atoms with Gasteiger partial charge in [0.25, 0.3) is 0 Å². The van der Waals surface area contributed by atoms with Gasteiger partial charge in [-0.05, 0) is 73.2 Å². The van der Waals surface area contributed by atoms with E-state index in [1.54, 1.807) is 0 Å². The summed E-state index contributed by atoms with van der Waals surface area (Å²) >= 11 is 0. The molecule has 0 fully saturated rings. The maximum absolute atomic E-state index is 6.43. The zero-order chi connectivity index (χ0) is 19.4. The number of pyridine rings is 2. The zero-order valence-corrected chi connectivity index (χ0v) is 15.9. The van der Waals surface area contributed by atoms with Crippen molar-refractivity contribution in [1.82, 2.24) is 9.97 Å². The minimum absolute atomic E-state index is 0.119. The van der Waals surface area contributed by atoms with E-state index in [9.17, 15) is 0 Å². The van der Waals surface area contributed by atoms with Crippen LogP contribution in [0.25, 0.3) is 0 Å². The molecule has 5 nitrogen and oxygen atoms in total. The Morgan fingerprint density at radius 2 is 1.44 bits per heavy atom. The number of benzene rings is 1. The molecule has 1 aromatic carbocycles. The van der Waals surface area contributed by atoms with E-state index < -0.39 is 0 Å². The van der Waals surface area contributed by atoms with Crippen LogP contribution in [0, 0.1) is 13.8 Å². The van der Waals surface area contributed by atoms with E-state index >= 15 is 0 Å². The lowest BCUT2D eigenvalue weighted by molar-refractivity contribution is 0.705. The van der Waals surface area contributed by atoms with Crippen molar-refractivity contribution < 1.29 is 0 Å². The summed E-state index contributed by atoms with van der Waals surface area (Å²) in [5.74, 6) is 1.11. The molecule has 2 heterocycles. The molecule has 27 heavy (non-hydrogen) atoms. The minimum atomic E-state index is -0.119. The highest BCUT2D eigenvalue weighted by atomic mass is 14.8. The highest BCUT2D eigenvalue weighted by molar-refractivity contribution is 5.36. The van der Waals surface area contributed by atoms with Gasteiger partial charge < -0.3 is 17.2 Å². The molecule has 0 bridgehead atoms. The summed E-state index contributed by atoms with van der Waals surface area (Å²) in [6.07, 6.45) is 2.40. The first kappa shape index (κ1) is 18.9. The molecule has 140 valence electrons. The summed E-state index contributed by atoms with van der Waals surface area (Å²) in [5, 5.41) is 0. The third kappa shape index (κ3) is 5.28. The van der Waals surface area contributed by atoms with Crippen molar-refractivity contribution in [3.8, 4) is 0 Å². The molecule has 3 aromatic rings. The number of anilines is 2. The average Bonchev–Trinajstić information content (AvgIpc) is 2.58. The Labute approximate surface area is 160 Å². The first-order chi connectivity index (χ1) is 12.9. The normalized spacial score (nSPS) is 12.1. The summed E-state index contributed by atoms with van der Waals surface area (Å²) < 4.78 is 0. The first-order valence-electron chi connectivity index (χ1n) is 9.19. The van der Waals surface area contributed by atoms with Crippen LogP contribution in [0.15, 0.2) is 48.5 Å². The fourth-order valence-electron chi connectivity index (χ4n) is 3.36. The molecular weight excluding hydrogens is 334 g/mol. The Kier molecular flexibility index (Phi) is 5.72. The number of nitrogens with two attached hydrogens (primary N) is 3. The fraction of sp³-hybridized carbons (Fsp3) is 0.273. The molecule has 0 spiro atoms. The van der Waals surface area contributed by atoms with E-state index in [-0.39, 0.29) is 6.04 Å². The monoisotopic (exact) mass is 361 g/mol. The second-order valence-electron chi connectivity index (χ2n) is 7.18. The fourth-order valence-corrected chi connectivity index (χ4v) is 3.36. The molecule has 1 unspecified atom stereocenters. The van der Waals surface area contributed by atoms with E-state index in [1.807, 2.05) is 32.0 Å². The summed E-state index contributed by atoms with van der Waals surface area (Å²) in [7, 11) is 0. The Hall–Kier alpha value is -2.92. The summed E-state index contributed by atoms with van der Waals surface area (Å²) in [4.78, 5) is 8.80. The molecule has 6 N–H and O–H groups in total. The summed E-state index contributed by atoms with van der Waals surface area (Å²) in [6.45, 7) is 4.05. The molecule has 0 amide bonds. The van der Waals surface area contributed by atoms with E-state index in [2.05, 4.69) is 40.3 Å². The third-order valence-corrected chi connectivity index (χ3v) is 4.56. The van der Waals surface area contributed by atoms with Crippen LogP contribution in [0.5, 0.6) is 0 Å². The molecule has 2 aromatic heterocycles. The van der Waals surface area contributed by atoms with Crippen molar-refractivity contribution in [3.63, 3.8) is 0 Å². The lowest BCUT2D eigenvalue weighted by Gasteiger charge is -2.14. The van der Waals surface area contributed by atoms with Gasteiger partial charge in [0.2, 0.25) is 0 Å². The van der Waals surface area contributed by atoms with E-state index in [4.69, 9.17) is 17.2 Å².